The van der Waals surface area contributed by atoms with Crippen molar-refractivity contribution < 1.29 is 0 Å². The van der Waals surface area contributed by atoms with E-state index in [9.17, 15) is 0 Å². The molecule has 1 fully saturated rings. The van der Waals surface area contributed by atoms with Crippen molar-refractivity contribution in [3.63, 3.8) is 0 Å². The molecule has 2 atom stereocenters. The minimum Gasteiger partial charge on any atom is -0.314 e. The van der Waals surface area contributed by atoms with Crippen molar-refractivity contribution in [3.8, 4) is 0 Å². The standard InChI is InChI=1S/C15H24N2/c1-11-5-6-15(7-12(11)2)10-17-13(3)8-16-9-14(17)4/h5-7,13-14,16H,8-10H2,1-4H3. The molecule has 1 heterocycles. The lowest BCUT2D eigenvalue weighted by atomic mass is 10.0. The highest BCUT2D eigenvalue weighted by atomic mass is 15.2. The number of hydrogen-bond acceptors (Lipinski definition) is 2. The van der Waals surface area contributed by atoms with Gasteiger partial charge in [-0.15, -0.1) is 0 Å². The van der Waals surface area contributed by atoms with Crippen LogP contribution >= 0.6 is 0 Å². The lowest BCUT2D eigenvalue weighted by Crippen LogP contribution is -2.54. The van der Waals surface area contributed by atoms with Crippen molar-refractivity contribution in [1.82, 2.24) is 10.2 Å². The summed E-state index contributed by atoms with van der Waals surface area (Å²) in [5.74, 6) is 0. The van der Waals surface area contributed by atoms with E-state index in [4.69, 9.17) is 0 Å². The SMILES string of the molecule is Cc1ccc(CN2C(C)CNCC2C)cc1C. The number of hydrogen-bond donors (Lipinski definition) is 1. The average Bonchev–Trinajstić information content (AvgIpc) is 2.28. The van der Waals surface area contributed by atoms with Crippen molar-refractivity contribution in [2.45, 2.75) is 46.3 Å². The van der Waals surface area contributed by atoms with Gasteiger partial charge in [0.25, 0.3) is 0 Å². The van der Waals surface area contributed by atoms with Crippen LogP contribution in [0.1, 0.15) is 30.5 Å². The second-order valence-corrected chi connectivity index (χ2v) is 5.45. The van der Waals surface area contributed by atoms with Gasteiger partial charge in [-0.1, -0.05) is 18.2 Å². The molecule has 2 nitrogen and oxygen atoms in total. The van der Waals surface area contributed by atoms with Crippen LogP contribution in [0.25, 0.3) is 0 Å². The molecule has 1 aromatic carbocycles. The van der Waals surface area contributed by atoms with E-state index < -0.39 is 0 Å². The number of nitrogens with one attached hydrogen (secondary N) is 1. The molecule has 1 aromatic rings. The van der Waals surface area contributed by atoms with Gasteiger partial charge in [-0.2, -0.15) is 0 Å². The molecule has 0 bridgehead atoms. The fraction of sp³-hybridized carbons (Fsp3) is 0.600. The topological polar surface area (TPSA) is 15.3 Å². The molecular formula is C15H24N2. The lowest BCUT2D eigenvalue weighted by Gasteiger charge is -2.39. The molecule has 0 aromatic heterocycles. The lowest BCUT2D eigenvalue weighted by molar-refractivity contribution is 0.109. The first kappa shape index (κ1) is 12.6. The van der Waals surface area contributed by atoms with Gasteiger partial charge >= 0.3 is 0 Å². The quantitative estimate of drug-likeness (QED) is 0.843. The maximum absolute atomic E-state index is 3.48. The molecule has 0 amide bonds. The summed E-state index contributed by atoms with van der Waals surface area (Å²) < 4.78 is 0. The van der Waals surface area contributed by atoms with E-state index in [1.165, 1.54) is 16.7 Å². The average molecular weight is 232 g/mol. The Balaban J connectivity index is 2.10. The van der Waals surface area contributed by atoms with E-state index in [0.29, 0.717) is 12.1 Å². The van der Waals surface area contributed by atoms with Gasteiger partial charge in [0.05, 0.1) is 0 Å². The van der Waals surface area contributed by atoms with Gasteiger partial charge in [-0.05, 0) is 44.4 Å². The molecule has 0 spiro atoms. The minimum atomic E-state index is 0.625. The summed E-state index contributed by atoms with van der Waals surface area (Å²) in [6.45, 7) is 12.3. The van der Waals surface area contributed by atoms with E-state index in [1.807, 2.05) is 0 Å². The van der Waals surface area contributed by atoms with E-state index in [0.717, 1.165) is 19.6 Å². The zero-order valence-electron chi connectivity index (χ0n) is 11.5. The van der Waals surface area contributed by atoms with Crippen LogP contribution in [0.2, 0.25) is 0 Å². The fourth-order valence-corrected chi connectivity index (χ4v) is 2.59. The van der Waals surface area contributed by atoms with Gasteiger partial charge < -0.3 is 5.32 Å². The molecule has 2 rings (SSSR count). The van der Waals surface area contributed by atoms with Gasteiger partial charge in [-0.3, -0.25) is 4.90 Å². The van der Waals surface area contributed by atoms with Crippen LogP contribution in [0.15, 0.2) is 18.2 Å². The van der Waals surface area contributed by atoms with Crippen LogP contribution in [0.5, 0.6) is 0 Å². The zero-order valence-corrected chi connectivity index (χ0v) is 11.5. The second-order valence-electron chi connectivity index (χ2n) is 5.45. The van der Waals surface area contributed by atoms with Gasteiger partial charge in [0.2, 0.25) is 0 Å². The van der Waals surface area contributed by atoms with Crippen LogP contribution in [-0.4, -0.2) is 30.1 Å². The summed E-state index contributed by atoms with van der Waals surface area (Å²) in [7, 11) is 0. The molecule has 0 aliphatic carbocycles. The van der Waals surface area contributed by atoms with Gasteiger partial charge in [0, 0.05) is 31.7 Å². The predicted molar refractivity (Wildman–Crippen MR) is 73.3 cm³/mol. The fourth-order valence-electron chi connectivity index (χ4n) is 2.59. The molecule has 2 unspecified atom stereocenters. The van der Waals surface area contributed by atoms with Crippen LogP contribution in [0.3, 0.4) is 0 Å². The van der Waals surface area contributed by atoms with E-state index in [2.05, 4.69) is 56.1 Å². The first-order valence-electron chi connectivity index (χ1n) is 6.60. The third-order valence-electron chi connectivity index (χ3n) is 3.95. The molecule has 1 aliphatic rings. The van der Waals surface area contributed by atoms with Crippen molar-refractivity contribution >= 4 is 0 Å². The Morgan fingerprint density at radius 1 is 1.12 bits per heavy atom. The smallest absolute Gasteiger partial charge is 0.0240 e. The summed E-state index contributed by atoms with van der Waals surface area (Å²) in [6, 6.07) is 8.09. The third kappa shape index (κ3) is 2.88. The highest BCUT2D eigenvalue weighted by Gasteiger charge is 2.24. The third-order valence-corrected chi connectivity index (χ3v) is 3.95. The van der Waals surface area contributed by atoms with Crippen molar-refractivity contribution in [1.29, 1.82) is 0 Å². The summed E-state index contributed by atoms with van der Waals surface area (Å²) in [6.07, 6.45) is 0. The Hall–Kier alpha value is -0.860. The Morgan fingerprint density at radius 2 is 1.76 bits per heavy atom. The highest BCUT2D eigenvalue weighted by Crippen LogP contribution is 2.17. The summed E-state index contributed by atoms with van der Waals surface area (Å²) in [4.78, 5) is 2.60. The first-order valence-corrected chi connectivity index (χ1v) is 6.60. The Kier molecular flexibility index (Phi) is 3.85. The molecule has 17 heavy (non-hydrogen) atoms. The minimum absolute atomic E-state index is 0.625. The maximum atomic E-state index is 3.48. The molecule has 2 heteroatoms. The normalized spacial score (nSPS) is 26.1. The molecule has 0 radical (unpaired) electrons. The van der Waals surface area contributed by atoms with E-state index in [1.54, 1.807) is 0 Å². The van der Waals surface area contributed by atoms with Crippen LogP contribution in [0, 0.1) is 13.8 Å². The molecule has 1 aliphatic heterocycles. The Labute approximate surface area is 105 Å². The van der Waals surface area contributed by atoms with Crippen molar-refractivity contribution in [2.75, 3.05) is 13.1 Å². The van der Waals surface area contributed by atoms with Crippen LogP contribution in [0.4, 0.5) is 0 Å². The summed E-state index contributed by atoms with van der Waals surface area (Å²) >= 11 is 0. The van der Waals surface area contributed by atoms with Crippen LogP contribution in [-0.2, 0) is 6.54 Å². The Morgan fingerprint density at radius 3 is 2.35 bits per heavy atom. The number of benzene rings is 1. The van der Waals surface area contributed by atoms with Crippen molar-refractivity contribution in [3.05, 3.63) is 34.9 Å². The zero-order chi connectivity index (χ0) is 12.4. The molecular weight excluding hydrogens is 208 g/mol. The van der Waals surface area contributed by atoms with Gasteiger partial charge in [0.15, 0.2) is 0 Å². The van der Waals surface area contributed by atoms with Crippen LogP contribution < -0.4 is 5.32 Å². The largest absolute Gasteiger partial charge is 0.314 e. The maximum Gasteiger partial charge on any atom is 0.0240 e. The number of piperazine rings is 1. The molecule has 0 saturated carbocycles. The highest BCUT2D eigenvalue weighted by molar-refractivity contribution is 5.30. The van der Waals surface area contributed by atoms with Crippen molar-refractivity contribution in [2.24, 2.45) is 0 Å². The predicted octanol–water partition coefficient (Wildman–Crippen LogP) is 2.49. The summed E-state index contributed by atoms with van der Waals surface area (Å²) in [5.41, 5.74) is 4.22. The number of rotatable bonds is 2. The number of aryl methyl sites for hydroxylation is 2. The molecule has 94 valence electrons. The monoisotopic (exact) mass is 232 g/mol. The van der Waals surface area contributed by atoms with E-state index >= 15 is 0 Å². The Bertz CT molecular complexity index is 377. The molecule has 1 N–H and O–H groups in total. The second kappa shape index (κ2) is 5.19. The molecule has 1 saturated heterocycles. The van der Waals surface area contributed by atoms with Gasteiger partial charge in [-0.25, -0.2) is 0 Å². The van der Waals surface area contributed by atoms with E-state index in [-0.39, 0.29) is 0 Å². The summed E-state index contributed by atoms with van der Waals surface area (Å²) in [5, 5.41) is 3.48. The first-order chi connectivity index (χ1) is 8.08. The number of nitrogens with zero attached hydrogens (tertiary/aromatic N) is 1. The van der Waals surface area contributed by atoms with Gasteiger partial charge in [0.1, 0.15) is 0 Å².